The number of rotatable bonds is 7. The van der Waals surface area contributed by atoms with Crippen molar-refractivity contribution in [3.8, 4) is 0 Å². The van der Waals surface area contributed by atoms with Crippen LogP contribution in [0.15, 0.2) is 18.2 Å². The van der Waals surface area contributed by atoms with E-state index in [1.54, 1.807) is 12.1 Å². The third-order valence-corrected chi connectivity index (χ3v) is 4.30. The fourth-order valence-corrected chi connectivity index (χ4v) is 2.27. The zero-order chi connectivity index (χ0) is 15.3. The van der Waals surface area contributed by atoms with Crippen molar-refractivity contribution in [2.75, 3.05) is 18.5 Å². The molecular formula is C17H29FN2. The molecule has 0 heterocycles. The predicted molar refractivity (Wildman–Crippen MR) is 85.9 cm³/mol. The summed E-state index contributed by atoms with van der Waals surface area (Å²) in [5.41, 5.74) is 1.76. The maximum absolute atomic E-state index is 14.3. The summed E-state index contributed by atoms with van der Waals surface area (Å²) in [6.07, 6.45) is 2.06. The van der Waals surface area contributed by atoms with Crippen molar-refractivity contribution >= 4 is 5.69 Å². The van der Waals surface area contributed by atoms with Crippen molar-refractivity contribution in [1.29, 1.82) is 0 Å². The maximum Gasteiger partial charge on any atom is 0.130 e. The van der Waals surface area contributed by atoms with Gasteiger partial charge in [-0.3, -0.25) is 0 Å². The summed E-state index contributed by atoms with van der Waals surface area (Å²) in [7, 11) is 2.05. The number of nitrogens with one attached hydrogen (secondary N) is 1. The van der Waals surface area contributed by atoms with Gasteiger partial charge in [0, 0.05) is 29.9 Å². The summed E-state index contributed by atoms with van der Waals surface area (Å²) in [5, 5.41) is 3.39. The zero-order valence-electron chi connectivity index (χ0n) is 13.8. The van der Waals surface area contributed by atoms with Gasteiger partial charge in [0.25, 0.3) is 0 Å². The quantitative estimate of drug-likeness (QED) is 0.790. The second-order valence-electron chi connectivity index (χ2n) is 6.07. The van der Waals surface area contributed by atoms with Crippen LogP contribution < -0.4 is 10.2 Å². The molecule has 114 valence electrons. The number of hydrogen-bond acceptors (Lipinski definition) is 2. The van der Waals surface area contributed by atoms with Crippen LogP contribution in [-0.2, 0) is 0 Å². The van der Waals surface area contributed by atoms with E-state index in [4.69, 9.17) is 0 Å². The molecule has 1 rings (SSSR count). The van der Waals surface area contributed by atoms with Crippen LogP contribution in [0, 0.1) is 5.82 Å². The highest BCUT2D eigenvalue weighted by molar-refractivity contribution is 5.56. The molecule has 0 fully saturated rings. The Bertz CT molecular complexity index is 429. The van der Waals surface area contributed by atoms with E-state index in [1.165, 1.54) is 0 Å². The Balaban J connectivity index is 3.17. The first-order chi connectivity index (χ1) is 9.35. The van der Waals surface area contributed by atoms with Crippen molar-refractivity contribution in [2.45, 2.75) is 59.0 Å². The topological polar surface area (TPSA) is 15.3 Å². The number of halogens is 1. The number of nitrogens with zero attached hydrogens (tertiary/aromatic N) is 1. The molecule has 1 atom stereocenters. The lowest BCUT2D eigenvalue weighted by Crippen LogP contribution is -2.41. The SMILES string of the molecule is CCCNC(C)c1c(F)cccc1N(C)C(C)(C)CC. The Morgan fingerprint density at radius 3 is 2.50 bits per heavy atom. The van der Waals surface area contributed by atoms with Gasteiger partial charge in [0.2, 0.25) is 0 Å². The smallest absolute Gasteiger partial charge is 0.130 e. The van der Waals surface area contributed by atoms with Gasteiger partial charge in [0.15, 0.2) is 0 Å². The predicted octanol–water partition coefficient (Wildman–Crippen LogP) is 4.51. The van der Waals surface area contributed by atoms with Crippen molar-refractivity contribution in [1.82, 2.24) is 5.32 Å². The molecule has 0 radical (unpaired) electrons. The van der Waals surface area contributed by atoms with Crippen LogP contribution in [0.3, 0.4) is 0 Å². The molecule has 0 bridgehead atoms. The fourth-order valence-electron chi connectivity index (χ4n) is 2.27. The highest BCUT2D eigenvalue weighted by Crippen LogP contribution is 2.33. The molecular weight excluding hydrogens is 251 g/mol. The summed E-state index contributed by atoms with van der Waals surface area (Å²) in [6.45, 7) is 11.6. The van der Waals surface area contributed by atoms with Gasteiger partial charge in [-0.15, -0.1) is 0 Å². The molecule has 0 aliphatic rings. The van der Waals surface area contributed by atoms with Gasteiger partial charge in [0.1, 0.15) is 5.82 Å². The summed E-state index contributed by atoms with van der Waals surface area (Å²) in [4.78, 5) is 2.19. The van der Waals surface area contributed by atoms with E-state index in [0.29, 0.717) is 0 Å². The van der Waals surface area contributed by atoms with Gasteiger partial charge >= 0.3 is 0 Å². The lowest BCUT2D eigenvalue weighted by Gasteiger charge is -2.38. The first kappa shape index (κ1) is 17.0. The minimum Gasteiger partial charge on any atom is -0.369 e. The number of hydrogen-bond donors (Lipinski definition) is 1. The standard InChI is InChI=1S/C17H29FN2/c1-7-12-19-13(3)16-14(18)10-9-11-15(16)20(6)17(4,5)8-2/h9-11,13,19H,7-8,12H2,1-6H3. The van der Waals surface area contributed by atoms with Crippen LogP contribution in [0.2, 0.25) is 0 Å². The molecule has 2 nitrogen and oxygen atoms in total. The van der Waals surface area contributed by atoms with E-state index in [2.05, 4.69) is 37.9 Å². The first-order valence-corrected chi connectivity index (χ1v) is 7.60. The Morgan fingerprint density at radius 2 is 1.95 bits per heavy atom. The lowest BCUT2D eigenvalue weighted by atomic mass is 9.96. The van der Waals surface area contributed by atoms with Gasteiger partial charge in [-0.2, -0.15) is 0 Å². The fraction of sp³-hybridized carbons (Fsp3) is 0.647. The monoisotopic (exact) mass is 280 g/mol. The molecule has 0 aromatic heterocycles. The Hall–Kier alpha value is -1.09. The highest BCUT2D eigenvalue weighted by Gasteiger charge is 2.26. The second kappa shape index (κ2) is 7.07. The molecule has 1 aromatic carbocycles. The van der Waals surface area contributed by atoms with Crippen molar-refractivity contribution in [3.05, 3.63) is 29.6 Å². The average molecular weight is 280 g/mol. The zero-order valence-corrected chi connectivity index (χ0v) is 13.8. The highest BCUT2D eigenvalue weighted by atomic mass is 19.1. The second-order valence-corrected chi connectivity index (χ2v) is 6.07. The minimum atomic E-state index is -0.127. The lowest BCUT2D eigenvalue weighted by molar-refractivity contribution is 0.462. The normalized spacial score (nSPS) is 13.3. The van der Waals surface area contributed by atoms with Gasteiger partial charge < -0.3 is 10.2 Å². The molecule has 0 saturated carbocycles. The molecule has 3 heteroatoms. The number of anilines is 1. The number of benzene rings is 1. The Morgan fingerprint density at radius 1 is 1.30 bits per heavy atom. The van der Waals surface area contributed by atoms with E-state index in [9.17, 15) is 4.39 Å². The summed E-state index contributed by atoms with van der Waals surface area (Å²) >= 11 is 0. The average Bonchev–Trinajstić information content (AvgIpc) is 2.43. The van der Waals surface area contributed by atoms with Gasteiger partial charge in [0.05, 0.1) is 0 Å². The summed E-state index contributed by atoms with van der Waals surface area (Å²) in [6, 6.07) is 5.37. The third kappa shape index (κ3) is 3.72. The van der Waals surface area contributed by atoms with E-state index in [1.807, 2.05) is 20.0 Å². The van der Waals surface area contributed by atoms with Crippen LogP contribution in [0.1, 0.15) is 59.1 Å². The Kier molecular flexibility index (Phi) is 6.00. The van der Waals surface area contributed by atoms with E-state index in [-0.39, 0.29) is 17.4 Å². The summed E-state index contributed by atoms with van der Waals surface area (Å²) in [5.74, 6) is -0.127. The first-order valence-electron chi connectivity index (χ1n) is 7.60. The van der Waals surface area contributed by atoms with Gasteiger partial charge in [-0.05, 0) is 52.3 Å². The molecule has 1 N–H and O–H groups in total. The van der Waals surface area contributed by atoms with E-state index >= 15 is 0 Å². The molecule has 0 aliphatic heterocycles. The third-order valence-electron chi connectivity index (χ3n) is 4.30. The van der Waals surface area contributed by atoms with Crippen molar-refractivity contribution in [2.24, 2.45) is 0 Å². The van der Waals surface area contributed by atoms with Gasteiger partial charge in [-0.1, -0.05) is 19.9 Å². The maximum atomic E-state index is 14.3. The molecule has 0 aliphatic carbocycles. The van der Waals surface area contributed by atoms with Crippen LogP contribution in [0.4, 0.5) is 10.1 Å². The van der Waals surface area contributed by atoms with E-state index in [0.717, 1.165) is 30.6 Å². The van der Waals surface area contributed by atoms with Crippen LogP contribution >= 0.6 is 0 Å². The summed E-state index contributed by atoms with van der Waals surface area (Å²) < 4.78 is 14.3. The van der Waals surface area contributed by atoms with Crippen molar-refractivity contribution < 1.29 is 4.39 Å². The molecule has 0 saturated heterocycles. The minimum absolute atomic E-state index is 0.00696. The van der Waals surface area contributed by atoms with Gasteiger partial charge in [-0.25, -0.2) is 4.39 Å². The van der Waals surface area contributed by atoms with E-state index < -0.39 is 0 Å². The van der Waals surface area contributed by atoms with Crippen molar-refractivity contribution in [3.63, 3.8) is 0 Å². The van der Waals surface area contributed by atoms with Crippen LogP contribution in [-0.4, -0.2) is 19.1 Å². The molecule has 1 unspecified atom stereocenters. The molecule has 0 amide bonds. The van der Waals surface area contributed by atoms with Crippen LogP contribution in [0.5, 0.6) is 0 Å². The van der Waals surface area contributed by atoms with Crippen LogP contribution in [0.25, 0.3) is 0 Å². The largest absolute Gasteiger partial charge is 0.369 e. The molecule has 20 heavy (non-hydrogen) atoms. The molecule has 0 spiro atoms. The molecule has 1 aromatic rings. The Labute approximate surface area is 123 Å².